The molecule has 1 aliphatic heterocycles. The number of benzene rings is 1. The summed E-state index contributed by atoms with van der Waals surface area (Å²) >= 11 is 3.18. The van der Waals surface area contributed by atoms with Crippen molar-refractivity contribution in [2.24, 2.45) is 0 Å². The van der Waals surface area contributed by atoms with Crippen LogP contribution in [-0.4, -0.2) is 21.4 Å². The van der Waals surface area contributed by atoms with Gasteiger partial charge in [-0.2, -0.15) is 5.10 Å². The van der Waals surface area contributed by atoms with E-state index in [1.807, 2.05) is 22.9 Å². The van der Waals surface area contributed by atoms with Crippen molar-refractivity contribution < 1.29 is 13.9 Å². The quantitative estimate of drug-likeness (QED) is 0.561. The second-order valence-electron chi connectivity index (χ2n) is 6.40. The molecule has 0 aliphatic carbocycles. The molecule has 0 N–H and O–H groups in total. The lowest BCUT2D eigenvalue weighted by atomic mass is 10.2. The average molecular weight is 432 g/mol. The van der Waals surface area contributed by atoms with E-state index in [-0.39, 0.29) is 12.0 Å². The standard InChI is InChI=1S/C20H19BrFN3O2/c21-16-11-14(4-6-17(16)22)13-27-15-5-7-18(23-12-15)19-8-9-24-25(19)20-3-1-2-10-26-20/h4-9,11-12,20H,1-3,10,13H2. The molecule has 3 heterocycles. The molecule has 5 nitrogen and oxygen atoms in total. The minimum Gasteiger partial charge on any atom is -0.487 e. The Bertz CT molecular complexity index is 908. The Labute approximate surface area is 165 Å². The number of hydrogen-bond acceptors (Lipinski definition) is 4. The van der Waals surface area contributed by atoms with E-state index in [4.69, 9.17) is 9.47 Å². The highest BCUT2D eigenvalue weighted by Crippen LogP contribution is 2.28. The van der Waals surface area contributed by atoms with Crippen molar-refractivity contribution in [1.29, 1.82) is 0 Å². The first-order chi connectivity index (χ1) is 13.2. The van der Waals surface area contributed by atoms with Gasteiger partial charge in [0.05, 0.1) is 22.1 Å². The van der Waals surface area contributed by atoms with Gasteiger partial charge in [-0.3, -0.25) is 4.98 Å². The van der Waals surface area contributed by atoms with Crippen LogP contribution in [0.4, 0.5) is 4.39 Å². The van der Waals surface area contributed by atoms with Gasteiger partial charge in [-0.25, -0.2) is 9.07 Å². The number of ether oxygens (including phenoxy) is 2. The maximum Gasteiger partial charge on any atom is 0.150 e. The zero-order valence-corrected chi connectivity index (χ0v) is 16.2. The molecule has 3 aromatic rings. The van der Waals surface area contributed by atoms with E-state index in [9.17, 15) is 4.39 Å². The Hall–Kier alpha value is -2.25. The fourth-order valence-corrected chi connectivity index (χ4v) is 3.50. The minimum atomic E-state index is -0.289. The zero-order chi connectivity index (χ0) is 18.6. The van der Waals surface area contributed by atoms with E-state index >= 15 is 0 Å². The van der Waals surface area contributed by atoms with Crippen LogP contribution in [0.3, 0.4) is 0 Å². The highest BCUT2D eigenvalue weighted by Gasteiger charge is 2.20. The number of hydrogen-bond donors (Lipinski definition) is 0. The smallest absolute Gasteiger partial charge is 0.150 e. The van der Waals surface area contributed by atoms with Gasteiger partial charge in [0.1, 0.15) is 18.2 Å². The molecule has 27 heavy (non-hydrogen) atoms. The second kappa shape index (κ2) is 8.19. The molecule has 7 heteroatoms. The van der Waals surface area contributed by atoms with Crippen molar-refractivity contribution in [3.8, 4) is 17.1 Å². The van der Waals surface area contributed by atoms with Crippen LogP contribution in [0, 0.1) is 5.82 Å². The van der Waals surface area contributed by atoms with Gasteiger partial charge in [0.25, 0.3) is 0 Å². The SMILES string of the molecule is Fc1ccc(COc2ccc(-c3ccnn3C3CCCCO3)nc2)cc1Br. The average Bonchev–Trinajstić information content (AvgIpc) is 3.20. The number of pyridine rings is 1. The molecule has 140 valence electrons. The summed E-state index contributed by atoms with van der Waals surface area (Å²) in [6, 6.07) is 10.5. The Morgan fingerprint density at radius 2 is 2.15 bits per heavy atom. The molecule has 0 radical (unpaired) electrons. The highest BCUT2D eigenvalue weighted by molar-refractivity contribution is 9.10. The molecular formula is C20H19BrFN3O2. The van der Waals surface area contributed by atoms with Crippen molar-refractivity contribution in [3.05, 3.63) is 64.6 Å². The summed E-state index contributed by atoms with van der Waals surface area (Å²) in [5.41, 5.74) is 2.62. The lowest BCUT2D eigenvalue weighted by Crippen LogP contribution is -2.20. The highest BCUT2D eigenvalue weighted by atomic mass is 79.9. The molecule has 0 bridgehead atoms. The van der Waals surface area contributed by atoms with Crippen LogP contribution in [0.15, 0.2) is 53.3 Å². The predicted molar refractivity (Wildman–Crippen MR) is 103 cm³/mol. The summed E-state index contributed by atoms with van der Waals surface area (Å²) in [5.74, 6) is 0.363. The van der Waals surface area contributed by atoms with Crippen LogP contribution in [0.2, 0.25) is 0 Å². The van der Waals surface area contributed by atoms with Gasteiger partial charge < -0.3 is 9.47 Å². The van der Waals surface area contributed by atoms with Crippen LogP contribution in [0.25, 0.3) is 11.4 Å². The third kappa shape index (κ3) is 4.20. The molecule has 1 saturated heterocycles. The van der Waals surface area contributed by atoms with Crippen molar-refractivity contribution in [2.45, 2.75) is 32.1 Å². The minimum absolute atomic E-state index is 0.0293. The maximum atomic E-state index is 13.3. The molecule has 2 aromatic heterocycles. The molecule has 1 aromatic carbocycles. The Morgan fingerprint density at radius 1 is 1.22 bits per heavy atom. The Kier molecular flexibility index (Phi) is 5.50. The van der Waals surface area contributed by atoms with Crippen LogP contribution in [0.5, 0.6) is 5.75 Å². The van der Waals surface area contributed by atoms with E-state index in [1.54, 1.807) is 24.5 Å². The Balaban J connectivity index is 1.45. The fraction of sp³-hybridized carbons (Fsp3) is 0.300. The molecule has 1 unspecified atom stereocenters. The zero-order valence-electron chi connectivity index (χ0n) is 14.6. The van der Waals surface area contributed by atoms with Crippen molar-refractivity contribution in [3.63, 3.8) is 0 Å². The van der Waals surface area contributed by atoms with E-state index in [0.717, 1.165) is 42.8 Å². The third-order valence-corrected chi connectivity index (χ3v) is 5.09. The molecule has 1 atom stereocenters. The first-order valence-electron chi connectivity index (χ1n) is 8.89. The molecule has 1 aliphatic rings. The Morgan fingerprint density at radius 3 is 2.89 bits per heavy atom. The molecule has 1 fully saturated rings. The van der Waals surface area contributed by atoms with Gasteiger partial charge in [-0.15, -0.1) is 0 Å². The molecule has 0 saturated carbocycles. The fourth-order valence-electron chi connectivity index (χ4n) is 3.08. The van der Waals surface area contributed by atoms with Crippen molar-refractivity contribution in [1.82, 2.24) is 14.8 Å². The molecule has 0 amide bonds. The van der Waals surface area contributed by atoms with Crippen LogP contribution in [0.1, 0.15) is 31.1 Å². The van der Waals surface area contributed by atoms with E-state index in [2.05, 4.69) is 26.0 Å². The summed E-state index contributed by atoms with van der Waals surface area (Å²) in [5, 5.41) is 4.42. The second-order valence-corrected chi connectivity index (χ2v) is 7.25. The number of rotatable bonds is 5. The predicted octanol–water partition coefficient (Wildman–Crippen LogP) is 5.12. The van der Waals surface area contributed by atoms with Gasteiger partial charge in [0, 0.05) is 12.8 Å². The van der Waals surface area contributed by atoms with Gasteiger partial charge in [-0.1, -0.05) is 6.07 Å². The summed E-state index contributed by atoms with van der Waals surface area (Å²) in [6.45, 7) is 1.11. The topological polar surface area (TPSA) is 49.2 Å². The third-order valence-electron chi connectivity index (χ3n) is 4.49. The number of aromatic nitrogens is 3. The number of halogens is 2. The van der Waals surface area contributed by atoms with Crippen LogP contribution >= 0.6 is 15.9 Å². The van der Waals surface area contributed by atoms with Crippen molar-refractivity contribution in [2.75, 3.05) is 6.61 Å². The largest absolute Gasteiger partial charge is 0.487 e. The van der Waals surface area contributed by atoms with E-state index in [1.165, 1.54) is 6.07 Å². The van der Waals surface area contributed by atoms with E-state index in [0.29, 0.717) is 16.8 Å². The van der Waals surface area contributed by atoms with Crippen molar-refractivity contribution >= 4 is 15.9 Å². The number of nitrogens with zero attached hydrogens (tertiary/aromatic N) is 3. The first-order valence-corrected chi connectivity index (χ1v) is 9.68. The van der Waals surface area contributed by atoms with Gasteiger partial charge in [0.15, 0.2) is 6.23 Å². The summed E-state index contributed by atoms with van der Waals surface area (Å²) in [7, 11) is 0. The van der Waals surface area contributed by atoms with Crippen LogP contribution in [-0.2, 0) is 11.3 Å². The monoisotopic (exact) mass is 431 g/mol. The lowest BCUT2D eigenvalue weighted by molar-refractivity contribution is -0.0384. The summed E-state index contributed by atoms with van der Waals surface area (Å²) in [4.78, 5) is 4.51. The summed E-state index contributed by atoms with van der Waals surface area (Å²) < 4.78 is 27.2. The summed E-state index contributed by atoms with van der Waals surface area (Å²) in [6.07, 6.45) is 6.63. The molecule has 4 rings (SSSR count). The molecular weight excluding hydrogens is 413 g/mol. The maximum absolute atomic E-state index is 13.3. The first kappa shape index (κ1) is 18.1. The lowest BCUT2D eigenvalue weighted by Gasteiger charge is -2.24. The molecule has 0 spiro atoms. The van der Waals surface area contributed by atoms with Gasteiger partial charge in [0.2, 0.25) is 0 Å². The normalized spacial score (nSPS) is 17.0. The van der Waals surface area contributed by atoms with Gasteiger partial charge >= 0.3 is 0 Å². The van der Waals surface area contributed by atoms with Gasteiger partial charge in [-0.05, 0) is 71.1 Å². The van der Waals surface area contributed by atoms with Crippen LogP contribution < -0.4 is 4.74 Å². The van der Waals surface area contributed by atoms with E-state index < -0.39 is 0 Å².